The lowest BCUT2D eigenvalue weighted by molar-refractivity contribution is -0.0687. The summed E-state index contributed by atoms with van der Waals surface area (Å²) in [7, 11) is 0. The predicted molar refractivity (Wildman–Crippen MR) is 88.9 cm³/mol. The van der Waals surface area contributed by atoms with Crippen LogP contribution in [0, 0.1) is 6.92 Å². The van der Waals surface area contributed by atoms with Crippen LogP contribution in [-0.2, 0) is 5.79 Å². The molecule has 1 saturated heterocycles. The maximum Gasteiger partial charge on any atom is 0.277 e. The largest absolute Gasteiger partial charge is 0.444 e. The summed E-state index contributed by atoms with van der Waals surface area (Å²) in [5.74, 6) is 1.48. The lowest BCUT2D eigenvalue weighted by Gasteiger charge is -2.25. The summed E-state index contributed by atoms with van der Waals surface area (Å²) < 4.78 is 12.5. The van der Waals surface area contributed by atoms with Crippen molar-refractivity contribution in [1.82, 2.24) is 10.3 Å². The van der Waals surface area contributed by atoms with E-state index in [0.29, 0.717) is 5.92 Å². The number of nitrogens with one attached hydrogen (secondary N) is 1. The molecule has 4 heteroatoms. The summed E-state index contributed by atoms with van der Waals surface area (Å²) >= 11 is 0. The fourth-order valence-corrected chi connectivity index (χ4v) is 3.46. The first-order valence-corrected chi connectivity index (χ1v) is 8.30. The van der Waals surface area contributed by atoms with Gasteiger partial charge in [-0.05, 0) is 57.0 Å². The standard InChI is InChI=1S/C19H22N2O2/c1-13-6-7-15(12-21-13)19(2)22-17-5-3-4-16(18(17)23-19)14-8-10-20-11-9-14/h3-7,12,14,20H,8-11H2,1-2H3. The highest BCUT2D eigenvalue weighted by Crippen LogP contribution is 2.48. The fraction of sp³-hybridized carbons (Fsp3) is 0.421. The third-order valence-corrected chi connectivity index (χ3v) is 4.83. The monoisotopic (exact) mass is 310 g/mol. The Labute approximate surface area is 136 Å². The highest BCUT2D eigenvalue weighted by Gasteiger charge is 2.41. The number of para-hydroxylation sites is 1. The number of hydrogen-bond acceptors (Lipinski definition) is 4. The minimum Gasteiger partial charge on any atom is -0.444 e. The average molecular weight is 310 g/mol. The van der Waals surface area contributed by atoms with Crippen LogP contribution in [0.4, 0.5) is 0 Å². The van der Waals surface area contributed by atoms with Crippen LogP contribution >= 0.6 is 0 Å². The van der Waals surface area contributed by atoms with Gasteiger partial charge in [-0.15, -0.1) is 0 Å². The molecule has 3 heterocycles. The summed E-state index contributed by atoms with van der Waals surface area (Å²) in [5, 5.41) is 3.42. The molecule has 2 aliphatic rings. The second-order valence-electron chi connectivity index (χ2n) is 6.54. The molecule has 1 atom stereocenters. The first-order valence-electron chi connectivity index (χ1n) is 8.30. The van der Waals surface area contributed by atoms with E-state index in [1.165, 1.54) is 5.56 Å². The second kappa shape index (κ2) is 5.53. The van der Waals surface area contributed by atoms with Gasteiger partial charge in [-0.25, -0.2) is 0 Å². The molecule has 1 aromatic carbocycles. The Morgan fingerprint density at radius 3 is 2.70 bits per heavy atom. The molecule has 0 bridgehead atoms. The molecule has 0 spiro atoms. The molecule has 1 aromatic heterocycles. The van der Waals surface area contributed by atoms with E-state index in [2.05, 4.69) is 22.4 Å². The van der Waals surface area contributed by atoms with Crippen LogP contribution < -0.4 is 14.8 Å². The number of pyridine rings is 1. The maximum atomic E-state index is 6.32. The summed E-state index contributed by atoms with van der Waals surface area (Å²) in [6.07, 6.45) is 4.12. The Morgan fingerprint density at radius 1 is 1.13 bits per heavy atom. The van der Waals surface area contributed by atoms with Crippen molar-refractivity contribution >= 4 is 0 Å². The van der Waals surface area contributed by atoms with Gasteiger partial charge in [0.2, 0.25) is 0 Å². The Balaban J connectivity index is 1.67. The first-order chi connectivity index (χ1) is 11.2. The third kappa shape index (κ3) is 2.57. The topological polar surface area (TPSA) is 43.4 Å². The maximum absolute atomic E-state index is 6.32. The Kier molecular flexibility index (Phi) is 3.49. The molecule has 23 heavy (non-hydrogen) atoms. The molecule has 0 aliphatic carbocycles. The molecule has 4 rings (SSSR count). The predicted octanol–water partition coefficient (Wildman–Crippen LogP) is 3.50. The van der Waals surface area contributed by atoms with Crippen molar-refractivity contribution in [2.75, 3.05) is 13.1 Å². The van der Waals surface area contributed by atoms with Gasteiger partial charge in [-0.3, -0.25) is 4.98 Å². The number of hydrogen-bond donors (Lipinski definition) is 1. The fourth-order valence-electron chi connectivity index (χ4n) is 3.46. The minimum absolute atomic E-state index is 0.535. The molecule has 0 amide bonds. The van der Waals surface area contributed by atoms with Gasteiger partial charge in [0.1, 0.15) is 0 Å². The van der Waals surface area contributed by atoms with E-state index in [9.17, 15) is 0 Å². The van der Waals surface area contributed by atoms with Gasteiger partial charge in [-0.2, -0.15) is 0 Å². The van der Waals surface area contributed by atoms with Crippen LogP contribution in [0.25, 0.3) is 0 Å². The molecular weight excluding hydrogens is 288 g/mol. The van der Waals surface area contributed by atoms with E-state index < -0.39 is 5.79 Å². The Bertz CT molecular complexity index is 708. The zero-order chi connectivity index (χ0) is 15.9. The summed E-state index contributed by atoms with van der Waals surface area (Å²) in [6, 6.07) is 10.3. The number of benzene rings is 1. The van der Waals surface area contributed by atoms with Crippen LogP contribution in [0.5, 0.6) is 11.5 Å². The van der Waals surface area contributed by atoms with Gasteiger partial charge in [0.05, 0.1) is 5.56 Å². The number of rotatable bonds is 2. The minimum atomic E-state index is -0.800. The summed E-state index contributed by atoms with van der Waals surface area (Å²) in [5.41, 5.74) is 3.20. The van der Waals surface area contributed by atoms with Crippen LogP contribution in [0.1, 0.15) is 42.5 Å². The van der Waals surface area contributed by atoms with Crippen molar-refractivity contribution in [2.45, 2.75) is 38.4 Å². The van der Waals surface area contributed by atoms with E-state index in [-0.39, 0.29) is 0 Å². The molecule has 4 nitrogen and oxygen atoms in total. The van der Waals surface area contributed by atoms with Gasteiger partial charge in [0.15, 0.2) is 11.5 Å². The average Bonchev–Trinajstić information content (AvgIpc) is 2.93. The first kappa shape index (κ1) is 14.5. The van der Waals surface area contributed by atoms with Crippen LogP contribution in [0.2, 0.25) is 0 Å². The molecule has 2 aliphatic heterocycles. The van der Waals surface area contributed by atoms with Gasteiger partial charge < -0.3 is 14.8 Å². The van der Waals surface area contributed by atoms with Crippen molar-refractivity contribution in [1.29, 1.82) is 0 Å². The van der Waals surface area contributed by atoms with E-state index in [0.717, 1.165) is 48.7 Å². The molecule has 0 saturated carbocycles. The number of aryl methyl sites for hydroxylation is 1. The summed E-state index contributed by atoms with van der Waals surface area (Å²) in [4.78, 5) is 4.38. The smallest absolute Gasteiger partial charge is 0.277 e. The van der Waals surface area contributed by atoms with E-state index in [1.54, 1.807) is 0 Å². The van der Waals surface area contributed by atoms with Crippen molar-refractivity contribution < 1.29 is 9.47 Å². The zero-order valence-corrected chi connectivity index (χ0v) is 13.6. The SMILES string of the molecule is Cc1ccc(C2(C)Oc3cccc(C4CCNCC4)c3O2)cn1. The second-order valence-corrected chi connectivity index (χ2v) is 6.54. The third-order valence-electron chi connectivity index (χ3n) is 4.83. The van der Waals surface area contributed by atoms with Gasteiger partial charge in [0.25, 0.3) is 5.79 Å². The van der Waals surface area contributed by atoms with Crippen LogP contribution in [-0.4, -0.2) is 18.1 Å². The van der Waals surface area contributed by atoms with Crippen molar-refractivity contribution in [3.05, 3.63) is 53.3 Å². The van der Waals surface area contributed by atoms with Gasteiger partial charge in [0, 0.05) is 24.4 Å². The quantitative estimate of drug-likeness (QED) is 0.922. The van der Waals surface area contributed by atoms with E-state index in [1.807, 2.05) is 38.2 Å². The molecule has 1 N–H and O–H groups in total. The lowest BCUT2D eigenvalue weighted by Crippen LogP contribution is -2.32. The van der Waals surface area contributed by atoms with Crippen molar-refractivity contribution in [3.63, 3.8) is 0 Å². The number of ether oxygens (including phenoxy) is 2. The van der Waals surface area contributed by atoms with E-state index in [4.69, 9.17) is 9.47 Å². The molecule has 0 radical (unpaired) electrons. The van der Waals surface area contributed by atoms with Gasteiger partial charge in [-0.1, -0.05) is 12.1 Å². The lowest BCUT2D eigenvalue weighted by atomic mass is 9.89. The number of fused-ring (bicyclic) bond motifs is 1. The van der Waals surface area contributed by atoms with Crippen LogP contribution in [0.15, 0.2) is 36.5 Å². The van der Waals surface area contributed by atoms with Crippen LogP contribution in [0.3, 0.4) is 0 Å². The number of aromatic nitrogens is 1. The molecule has 120 valence electrons. The molecule has 2 aromatic rings. The van der Waals surface area contributed by atoms with E-state index >= 15 is 0 Å². The molecule has 1 unspecified atom stereocenters. The number of nitrogens with zero attached hydrogens (tertiary/aromatic N) is 1. The number of piperidine rings is 1. The Hall–Kier alpha value is -2.07. The van der Waals surface area contributed by atoms with Crippen molar-refractivity contribution in [3.8, 4) is 11.5 Å². The van der Waals surface area contributed by atoms with Crippen molar-refractivity contribution in [2.24, 2.45) is 0 Å². The Morgan fingerprint density at radius 2 is 1.96 bits per heavy atom. The van der Waals surface area contributed by atoms with Gasteiger partial charge >= 0.3 is 0 Å². The summed E-state index contributed by atoms with van der Waals surface area (Å²) in [6.45, 7) is 6.07. The highest BCUT2D eigenvalue weighted by atomic mass is 16.7. The zero-order valence-electron chi connectivity index (χ0n) is 13.6. The highest BCUT2D eigenvalue weighted by molar-refractivity contribution is 5.51. The molecule has 1 fully saturated rings. The normalized spacial score (nSPS) is 23.9. The molecular formula is C19H22N2O2.